The molecule has 0 saturated carbocycles. The number of carbonyl (C=O) groups excluding carboxylic acids is 1. The first-order valence-corrected chi connectivity index (χ1v) is 7.19. The van der Waals surface area contributed by atoms with Crippen molar-refractivity contribution in [2.75, 3.05) is 0 Å². The first-order valence-electron chi connectivity index (χ1n) is 7.19. The molecular formula is C15H22N2O4. The zero-order valence-electron chi connectivity index (χ0n) is 12.5. The van der Waals surface area contributed by atoms with Crippen molar-refractivity contribution in [3.05, 3.63) is 46.0 Å². The third-order valence-electron chi connectivity index (χ3n) is 3.22. The molecule has 1 aromatic rings. The molecule has 0 aromatic heterocycles. The summed E-state index contributed by atoms with van der Waals surface area (Å²) in [6, 6.07) is 8.20. The van der Waals surface area contributed by atoms with Gasteiger partial charge in [0.25, 0.3) is 5.91 Å². The van der Waals surface area contributed by atoms with Crippen LogP contribution in [0, 0.1) is 10.1 Å². The predicted octanol–water partition coefficient (Wildman–Crippen LogP) is 2.96. The van der Waals surface area contributed by atoms with E-state index in [4.69, 9.17) is 4.84 Å². The molecule has 0 aliphatic carbocycles. The number of hydroxylamine groups is 1. The van der Waals surface area contributed by atoms with Crippen molar-refractivity contribution >= 4 is 5.91 Å². The van der Waals surface area contributed by atoms with E-state index in [1.165, 1.54) is 0 Å². The third-order valence-corrected chi connectivity index (χ3v) is 3.22. The fourth-order valence-corrected chi connectivity index (χ4v) is 1.98. The summed E-state index contributed by atoms with van der Waals surface area (Å²) in [5.74, 6) is -0.318. The average Bonchev–Trinajstić information content (AvgIpc) is 2.49. The van der Waals surface area contributed by atoms with Crippen LogP contribution < -0.4 is 5.48 Å². The lowest BCUT2D eigenvalue weighted by atomic mass is 10.1. The maximum Gasteiger partial charge on any atom is 0.274 e. The predicted molar refractivity (Wildman–Crippen MR) is 79.4 cm³/mol. The fraction of sp³-hybridized carbons (Fsp3) is 0.533. The van der Waals surface area contributed by atoms with E-state index in [2.05, 4.69) is 5.48 Å². The summed E-state index contributed by atoms with van der Waals surface area (Å²) in [5, 5.41) is 10.8. The zero-order chi connectivity index (χ0) is 15.7. The normalized spacial score (nSPS) is 13.4. The Morgan fingerprint density at radius 1 is 1.29 bits per heavy atom. The van der Waals surface area contributed by atoms with E-state index in [0.29, 0.717) is 24.8 Å². The van der Waals surface area contributed by atoms with E-state index in [1.807, 2.05) is 13.0 Å². The van der Waals surface area contributed by atoms with E-state index in [1.54, 1.807) is 31.2 Å². The standard InChI is InChI=1S/C15H22N2O4/c1-3-7-14(17(19)20)11-10-12(2)21-16-15(18)13-8-5-4-6-9-13/h4-6,8-9,12,14H,3,7,10-11H2,1-2H3,(H,16,18). The summed E-state index contributed by atoms with van der Waals surface area (Å²) in [6.45, 7) is 3.71. The molecule has 21 heavy (non-hydrogen) atoms. The van der Waals surface area contributed by atoms with Crippen LogP contribution in [0.1, 0.15) is 49.9 Å². The molecule has 2 atom stereocenters. The summed E-state index contributed by atoms with van der Waals surface area (Å²) in [5.41, 5.74) is 2.89. The van der Waals surface area contributed by atoms with Crippen LogP contribution in [0.3, 0.4) is 0 Å². The molecule has 0 bridgehead atoms. The quantitative estimate of drug-likeness (QED) is 0.560. The molecular weight excluding hydrogens is 272 g/mol. The smallest absolute Gasteiger partial charge is 0.270 e. The van der Waals surface area contributed by atoms with Crippen LogP contribution in [-0.4, -0.2) is 23.0 Å². The summed E-state index contributed by atoms with van der Waals surface area (Å²) in [7, 11) is 0. The Hall–Kier alpha value is -1.95. The summed E-state index contributed by atoms with van der Waals surface area (Å²) >= 11 is 0. The van der Waals surface area contributed by atoms with Gasteiger partial charge in [-0.3, -0.25) is 19.7 Å². The lowest BCUT2D eigenvalue weighted by molar-refractivity contribution is -0.524. The van der Waals surface area contributed by atoms with Crippen molar-refractivity contribution in [1.29, 1.82) is 0 Å². The molecule has 1 N–H and O–H groups in total. The Labute approximate surface area is 124 Å². The molecule has 0 saturated heterocycles. The highest BCUT2D eigenvalue weighted by Gasteiger charge is 2.20. The largest absolute Gasteiger partial charge is 0.274 e. The molecule has 6 nitrogen and oxygen atoms in total. The van der Waals surface area contributed by atoms with Gasteiger partial charge in [0.15, 0.2) is 0 Å². The van der Waals surface area contributed by atoms with E-state index < -0.39 is 6.04 Å². The molecule has 1 aromatic carbocycles. The second kappa shape index (κ2) is 9.07. The lowest BCUT2D eigenvalue weighted by Gasteiger charge is -2.14. The monoisotopic (exact) mass is 294 g/mol. The van der Waals surface area contributed by atoms with Gasteiger partial charge in [-0.15, -0.1) is 0 Å². The lowest BCUT2D eigenvalue weighted by Crippen LogP contribution is -2.29. The van der Waals surface area contributed by atoms with Crippen molar-refractivity contribution < 1.29 is 14.6 Å². The van der Waals surface area contributed by atoms with Crippen LogP contribution in [-0.2, 0) is 4.84 Å². The molecule has 1 rings (SSSR count). The van der Waals surface area contributed by atoms with Crippen LogP contribution in [0.5, 0.6) is 0 Å². The summed E-state index contributed by atoms with van der Waals surface area (Å²) in [4.78, 5) is 27.6. The van der Waals surface area contributed by atoms with Crippen LogP contribution >= 0.6 is 0 Å². The molecule has 0 spiro atoms. The Morgan fingerprint density at radius 3 is 2.52 bits per heavy atom. The molecule has 1 amide bonds. The minimum atomic E-state index is -0.536. The second-order valence-electron chi connectivity index (χ2n) is 5.03. The van der Waals surface area contributed by atoms with Crippen LogP contribution in [0.25, 0.3) is 0 Å². The van der Waals surface area contributed by atoms with Crippen molar-refractivity contribution in [2.45, 2.75) is 51.7 Å². The van der Waals surface area contributed by atoms with Gasteiger partial charge in [-0.25, -0.2) is 5.48 Å². The van der Waals surface area contributed by atoms with Crippen LogP contribution in [0.2, 0.25) is 0 Å². The van der Waals surface area contributed by atoms with Crippen molar-refractivity contribution in [3.8, 4) is 0 Å². The van der Waals surface area contributed by atoms with E-state index in [0.717, 1.165) is 6.42 Å². The van der Waals surface area contributed by atoms with Crippen LogP contribution in [0.4, 0.5) is 0 Å². The first-order chi connectivity index (χ1) is 10.0. The van der Waals surface area contributed by atoms with Crippen LogP contribution in [0.15, 0.2) is 30.3 Å². The van der Waals surface area contributed by atoms with Gasteiger partial charge in [0.2, 0.25) is 6.04 Å². The SMILES string of the molecule is CCCC(CCC(C)ONC(=O)c1ccccc1)[N+](=O)[O-]. The Morgan fingerprint density at radius 2 is 1.95 bits per heavy atom. The highest BCUT2D eigenvalue weighted by molar-refractivity contribution is 5.93. The number of benzene rings is 1. The van der Waals surface area contributed by atoms with Gasteiger partial charge >= 0.3 is 0 Å². The number of nitrogens with one attached hydrogen (secondary N) is 1. The summed E-state index contributed by atoms with van der Waals surface area (Å²) < 4.78 is 0. The number of hydrogen-bond donors (Lipinski definition) is 1. The Balaban J connectivity index is 2.32. The van der Waals surface area contributed by atoms with Gasteiger partial charge < -0.3 is 0 Å². The molecule has 2 unspecified atom stereocenters. The maximum absolute atomic E-state index is 11.8. The highest BCUT2D eigenvalue weighted by Crippen LogP contribution is 2.11. The van der Waals surface area contributed by atoms with Crippen molar-refractivity contribution in [2.24, 2.45) is 0 Å². The molecule has 0 aliphatic heterocycles. The molecule has 0 aliphatic rings. The van der Waals surface area contributed by atoms with Gasteiger partial charge in [0.05, 0.1) is 6.10 Å². The summed E-state index contributed by atoms with van der Waals surface area (Å²) in [6.07, 6.45) is 2.06. The van der Waals surface area contributed by atoms with Gasteiger partial charge in [-0.1, -0.05) is 25.1 Å². The number of hydrogen-bond acceptors (Lipinski definition) is 4. The third kappa shape index (κ3) is 6.35. The maximum atomic E-state index is 11.8. The van der Waals surface area contributed by atoms with Gasteiger partial charge in [-0.05, 0) is 31.9 Å². The van der Waals surface area contributed by atoms with Gasteiger partial charge in [0, 0.05) is 23.3 Å². The number of carbonyl (C=O) groups is 1. The molecule has 0 radical (unpaired) electrons. The van der Waals surface area contributed by atoms with Crippen molar-refractivity contribution in [1.82, 2.24) is 5.48 Å². The number of amides is 1. The van der Waals surface area contributed by atoms with Gasteiger partial charge in [0.1, 0.15) is 0 Å². The minimum Gasteiger partial charge on any atom is -0.270 e. The zero-order valence-corrected chi connectivity index (χ0v) is 12.5. The number of rotatable bonds is 9. The second-order valence-corrected chi connectivity index (χ2v) is 5.03. The molecule has 116 valence electrons. The minimum absolute atomic E-state index is 0.237. The molecule has 6 heteroatoms. The number of nitro groups is 1. The fourth-order valence-electron chi connectivity index (χ4n) is 1.98. The van der Waals surface area contributed by atoms with E-state index >= 15 is 0 Å². The average molecular weight is 294 g/mol. The Bertz CT molecular complexity index is 450. The Kier molecular flexibility index (Phi) is 7.39. The van der Waals surface area contributed by atoms with Gasteiger partial charge in [-0.2, -0.15) is 0 Å². The van der Waals surface area contributed by atoms with Crippen molar-refractivity contribution in [3.63, 3.8) is 0 Å². The molecule has 0 heterocycles. The highest BCUT2D eigenvalue weighted by atomic mass is 16.7. The topological polar surface area (TPSA) is 81.5 Å². The first kappa shape index (κ1) is 17.1. The van der Waals surface area contributed by atoms with E-state index in [-0.39, 0.29) is 16.9 Å². The molecule has 0 fully saturated rings. The van der Waals surface area contributed by atoms with E-state index in [9.17, 15) is 14.9 Å². The number of nitrogens with zero attached hydrogens (tertiary/aromatic N) is 1.